The van der Waals surface area contributed by atoms with Gasteiger partial charge in [0.25, 0.3) is 0 Å². The highest BCUT2D eigenvalue weighted by atomic mass is 15.0. The van der Waals surface area contributed by atoms with Gasteiger partial charge in [-0.3, -0.25) is 0 Å². The molecular weight excluding hydrogens is 268 g/mol. The van der Waals surface area contributed by atoms with E-state index in [9.17, 15) is 0 Å². The molecule has 0 spiro atoms. The number of para-hydroxylation sites is 2. The van der Waals surface area contributed by atoms with Crippen molar-refractivity contribution in [3.05, 3.63) is 60.2 Å². The first-order valence-corrected chi connectivity index (χ1v) is 8.17. The van der Waals surface area contributed by atoms with Crippen molar-refractivity contribution in [3.8, 4) is 0 Å². The molecule has 1 aliphatic heterocycles. The number of nitrogens with one attached hydrogen (secondary N) is 2. The Labute approximate surface area is 134 Å². The van der Waals surface area contributed by atoms with Crippen molar-refractivity contribution in [2.24, 2.45) is 11.3 Å². The molecule has 2 N–H and O–H groups in total. The quantitative estimate of drug-likeness (QED) is 0.801. The van der Waals surface area contributed by atoms with E-state index in [1.807, 2.05) is 0 Å². The topological polar surface area (TPSA) is 24.1 Å². The normalized spacial score (nSPS) is 22.8. The predicted octanol–water partition coefficient (Wildman–Crippen LogP) is 5.32. The van der Waals surface area contributed by atoms with Crippen LogP contribution >= 0.6 is 0 Å². The van der Waals surface area contributed by atoms with Gasteiger partial charge in [0.2, 0.25) is 0 Å². The fourth-order valence-corrected chi connectivity index (χ4v) is 3.80. The van der Waals surface area contributed by atoms with Crippen molar-refractivity contribution >= 4 is 11.4 Å². The minimum Gasteiger partial charge on any atom is -0.381 e. The zero-order valence-electron chi connectivity index (χ0n) is 13.9. The van der Waals surface area contributed by atoms with E-state index in [1.165, 1.54) is 16.9 Å². The third kappa shape index (κ3) is 2.58. The first-order chi connectivity index (χ1) is 10.5. The summed E-state index contributed by atoms with van der Waals surface area (Å²) in [7, 11) is 0. The van der Waals surface area contributed by atoms with Crippen molar-refractivity contribution in [3.63, 3.8) is 0 Å². The lowest BCUT2D eigenvalue weighted by Gasteiger charge is -2.49. The molecule has 0 aromatic heterocycles. The van der Waals surface area contributed by atoms with Crippen molar-refractivity contribution in [2.75, 3.05) is 10.6 Å². The summed E-state index contributed by atoms with van der Waals surface area (Å²) in [6.07, 6.45) is 0. The highest BCUT2D eigenvalue weighted by Crippen LogP contribution is 2.48. The third-order valence-electron chi connectivity index (χ3n) is 4.88. The van der Waals surface area contributed by atoms with E-state index in [4.69, 9.17) is 0 Å². The van der Waals surface area contributed by atoms with Crippen LogP contribution in [0, 0.1) is 11.3 Å². The zero-order chi connectivity index (χ0) is 15.7. The fourth-order valence-electron chi connectivity index (χ4n) is 3.80. The van der Waals surface area contributed by atoms with Crippen LogP contribution in [0.1, 0.15) is 39.3 Å². The van der Waals surface area contributed by atoms with E-state index < -0.39 is 0 Å². The molecule has 0 fully saturated rings. The van der Waals surface area contributed by atoms with Crippen LogP contribution in [0.4, 0.5) is 11.4 Å². The van der Waals surface area contributed by atoms with Gasteiger partial charge in [0.1, 0.15) is 0 Å². The molecule has 2 aromatic carbocycles. The van der Waals surface area contributed by atoms with Gasteiger partial charge in [-0.2, -0.15) is 0 Å². The van der Waals surface area contributed by atoms with Crippen LogP contribution in [0.15, 0.2) is 54.6 Å². The maximum Gasteiger partial charge on any atom is 0.0604 e. The van der Waals surface area contributed by atoms with Gasteiger partial charge in [-0.15, -0.1) is 0 Å². The second-order valence-electron chi connectivity index (χ2n) is 7.22. The minimum atomic E-state index is 0.109. The molecule has 1 heterocycles. The average Bonchev–Trinajstić information content (AvgIpc) is 2.50. The molecule has 1 aliphatic rings. The first-order valence-electron chi connectivity index (χ1n) is 8.17. The maximum absolute atomic E-state index is 3.77. The van der Waals surface area contributed by atoms with Gasteiger partial charge in [-0.05, 0) is 29.7 Å². The smallest absolute Gasteiger partial charge is 0.0604 e. The SMILES string of the molecule is CC(C)[C@H]1Nc2ccccc2[C@@H](Nc2ccccc2)C1(C)C. The summed E-state index contributed by atoms with van der Waals surface area (Å²) in [4.78, 5) is 0. The number of fused-ring (bicyclic) bond motifs is 1. The van der Waals surface area contributed by atoms with Gasteiger partial charge < -0.3 is 10.6 Å². The van der Waals surface area contributed by atoms with Crippen molar-refractivity contribution in [2.45, 2.75) is 39.8 Å². The number of hydrogen-bond donors (Lipinski definition) is 2. The van der Waals surface area contributed by atoms with Crippen LogP contribution in [0.5, 0.6) is 0 Å². The number of anilines is 2. The Morgan fingerprint density at radius 2 is 1.59 bits per heavy atom. The molecule has 2 aromatic rings. The Morgan fingerprint density at radius 3 is 2.27 bits per heavy atom. The molecule has 0 unspecified atom stereocenters. The number of benzene rings is 2. The van der Waals surface area contributed by atoms with Crippen LogP contribution in [0.25, 0.3) is 0 Å². The summed E-state index contributed by atoms with van der Waals surface area (Å²) in [5.74, 6) is 0.573. The number of hydrogen-bond acceptors (Lipinski definition) is 2. The lowest BCUT2D eigenvalue weighted by molar-refractivity contribution is 0.205. The molecule has 2 nitrogen and oxygen atoms in total. The maximum atomic E-state index is 3.77. The monoisotopic (exact) mass is 294 g/mol. The van der Waals surface area contributed by atoms with Gasteiger partial charge in [0.15, 0.2) is 0 Å². The highest BCUT2D eigenvalue weighted by molar-refractivity contribution is 5.60. The summed E-state index contributed by atoms with van der Waals surface area (Å²) in [6, 6.07) is 19.9. The van der Waals surface area contributed by atoms with Gasteiger partial charge in [-0.25, -0.2) is 0 Å². The summed E-state index contributed by atoms with van der Waals surface area (Å²) in [5, 5.41) is 7.53. The van der Waals surface area contributed by atoms with E-state index >= 15 is 0 Å². The van der Waals surface area contributed by atoms with E-state index in [0.29, 0.717) is 18.0 Å². The molecular formula is C20H26N2. The average molecular weight is 294 g/mol. The van der Waals surface area contributed by atoms with Gasteiger partial charge >= 0.3 is 0 Å². The summed E-state index contributed by atoms with van der Waals surface area (Å²) in [5.41, 5.74) is 3.90. The second kappa shape index (κ2) is 5.68. The van der Waals surface area contributed by atoms with Crippen LogP contribution in [0.2, 0.25) is 0 Å². The first kappa shape index (κ1) is 15.0. The van der Waals surface area contributed by atoms with Crippen LogP contribution in [-0.2, 0) is 0 Å². The van der Waals surface area contributed by atoms with E-state index in [-0.39, 0.29) is 5.41 Å². The molecule has 2 heteroatoms. The van der Waals surface area contributed by atoms with Crippen molar-refractivity contribution < 1.29 is 0 Å². The van der Waals surface area contributed by atoms with Crippen molar-refractivity contribution in [1.29, 1.82) is 0 Å². The van der Waals surface area contributed by atoms with E-state index in [1.54, 1.807) is 0 Å². The molecule has 116 valence electrons. The summed E-state index contributed by atoms with van der Waals surface area (Å²) < 4.78 is 0. The van der Waals surface area contributed by atoms with Crippen LogP contribution in [0.3, 0.4) is 0 Å². The summed E-state index contributed by atoms with van der Waals surface area (Å²) in [6.45, 7) is 9.32. The van der Waals surface area contributed by atoms with E-state index in [0.717, 1.165) is 0 Å². The van der Waals surface area contributed by atoms with Gasteiger partial charge in [-0.1, -0.05) is 64.1 Å². The van der Waals surface area contributed by atoms with Crippen LogP contribution in [-0.4, -0.2) is 6.04 Å². The van der Waals surface area contributed by atoms with Crippen molar-refractivity contribution in [1.82, 2.24) is 0 Å². The Hall–Kier alpha value is -1.96. The molecule has 2 atom stereocenters. The summed E-state index contributed by atoms with van der Waals surface area (Å²) >= 11 is 0. The minimum absolute atomic E-state index is 0.109. The lowest BCUT2D eigenvalue weighted by Crippen LogP contribution is -2.49. The molecule has 0 saturated carbocycles. The Kier molecular flexibility index (Phi) is 3.86. The molecule has 0 radical (unpaired) electrons. The largest absolute Gasteiger partial charge is 0.381 e. The molecule has 0 bridgehead atoms. The Morgan fingerprint density at radius 1 is 0.955 bits per heavy atom. The Bertz CT molecular complexity index is 631. The van der Waals surface area contributed by atoms with Gasteiger partial charge in [0, 0.05) is 22.8 Å². The third-order valence-corrected chi connectivity index (χ3v) is 4.88. The second-order valence-corrected chi connectivity index (χ2v) is 7.22. The van der Waals surface area contributed by atoms with E-state index in [2.05, 4.69) is 92.9 Å². The van der Waals surface area contributed by atoms with Crippen LogP contribution < -0.4 is 10.6 Å². The number of rotatable bonds is 3. The zero-order valence-corrected chi connectivity index (χ0v) is 13.9. The fraction of sp³-hybridized carbons (Fsp3) is 0.400. The molecule has 3 rings (SSSR count). The Balaban J connectivity index is 2.04. The standard InChI is InChI=1S/C20H26N2/c1-14(2)18-20(3,4)19(21-15-10-6-5-7-11-15)16-12-8-9-13-17(16)22-18/h5-14,18-19,21-22H,1-4H3/t18-,19-/m1/s1. The lowest BCUT2D eigenvalue weighted by atomic mass is 9.68. The molecule has 0 aliphatic carbocycles. The molecule has 22 heavy (non-hydrogen) atoms. The molecule has 0 amide bonds. The molecule has 0 saturated heterocycles. The predicted molar refractivity (Wildman–Crippen MR) is 95.3 cm³/mol. The highest BCUT2D eigenvalue weighted by Gasteiger charge is 2.44. The van der Waals surface area contributed by atoms with Gasteiger partial charge in [0.05, 0.1) is 6.04 Å².